The molecule has 2 N–H and O–H groups in total. The second kappa shape index (κ2) is 12.4. The standard InChI is InChI=1S/C19H28Cl2N2O3S/c1-12(2)7-8-27-11-19(25)23-14(4)13(3)22-18(24)10-26-17-6-5-15(20)9-16(17)21/h5-6,9,12-14H,7-8,10-11H2,1-4H3,(H,22,24)(H,23,25). The van der Waals surface area contributed by atoms with E-state index in [1.165, 1.54) is 0 Å². The summed E-state index contributed by atoms with van der Waals surface area (Å²) in [5.41, 5.74) is 0. The topological polar surface area (TPSA) is 67.4 Å². The highest BCUT2D eigenvalue weighted by Crippen LogP contribution is 2.27. The Labute approximate surface area is 175 Å². The Bertz CT molecular complexity index is 629. The van der Waals surface area contributed by atoms with Crippen LogP contribution in [0.3, 0.4) is 0 Å². The number of nitrogens with one attached hydrogen (secondary N) is 2. The van der Waals surface area contributed by atoms with Gasteiger partial charge in [0.1, 0.15) is 5.75 Å². The van der Waals surface area contributed by atoms with Crippen molar-refractivity contribution < 1.29 is 14.3 Å². The quantitative estimate of drug-likeness (QED) is 0.513. The third kappa shape index (κ3) is 10.1. The van der Waals surface area contributed by atoms with E-state index in [2.05, 4.69) is 24.5 Å². The van der Waals surface area contributed by atoms with Crippen LogP contribution in [-0.2, 0) is 9.59 Å². The van der Waals surface area contributed by atoms with Gasteiger partial charge < -0.3 is 15.4 Å². The lowest BCUT2D eigenvalue weighted by Gasteiger charge is -2.22. The summed E-state index contributed by atoms with van der Waals surface area (Å²) >= 11 is 13.5. The van der Waals surface area contributed by atoms with Crippen molar-refractivity contribution in [2.75, 3.05) is 18.1 Å². The highest BCUT2D eigenvalue weighted by Gasteiger charge is 2.17. The molecule has 0 heterocycles. The van der Waals surface area contributed by atoms with Gasteiger partial charge in [-0.2, -0.15) is 11.8 Å². The molecule has 0 aliphatic carbocycles. The highest BCUT2D eigenvalue weighted by molar-refractivity contribution is 7.99. The molecule has 0 fully saturated rings. The summed E-state index contributed by atoms with van der Waals surface area (Å²) < 4.78 is 5.41. The van der Waals surface area contributed by atoms with Crippen molar-refractivity contribution in [1.82, 2.24) is 10.6 Å². The minimum absolute atomic E-state index is 0.0263. The third-order valence-electron chi connectivity index (χ3n) is 3.85. The normalized spacial score (nSPS) is 13.1. The summed E-state index contributed by atoms with van der Waals surface area (Å²) in [5, 5.41) is 6.57. The number of carbonyl (C=O) groups is 2. The lowest BCUT2D eigenvalue weighted by molar-refractivity contribution is -0.124. The predicted molar refractivity (Wildman–Crippen MR) is 114 cm³/mol. The summed E-state index contributed by atoms with van der Waals surface area (Å²) in [7, 11) is 0. The van der Waals surface area contributed by atoms with Gasteiger partial charge in [-0.3, -0.25) is 9.59 Å². The average molecular weight is 435 g/mol. The molecule has 152 valence electrons. The second-order valence-corrected chi connectivity index (χ2v) is 8.76. The van der Waals surface area contributed by atoms with Gasteiger partial charge in [-0.1, -0.05) is 37.0 Å². The largest absolute Gasteiger partial charge is 0.482 e. The molecule has 1 aromatic carbocycles. The Balaban J connectivity index is 2.31. The van der Waals surface area contributed by atoms with E-state index in [1.54, 1.807) is 30.0 Å². The SMILES string of the molecule is CC(C)CCSCC(=O)NC(C)C(C)NC(=O)COc1ccc(Cl)cc1Cl. The molecular weight excluding hydrogens is 407 g/mol. The van der Waals surface area contributed by atoms with Crippen LogP contribution in [0.2, 0.25) is 10.0 Å². The molecule has 0 aliphatic rings. The Hall–Kier alpha value is -1.11. The first-order valence-electron chi connectivity index (χ1n) is 8.93. The van der Waals surface area contributed by atoms with Crippen LogP contribution >= 0.6 is 35.0 Å². The van der Waals surface area contributed by atoms with Crippen LogP contribution in [0.25, 0.3) is 0 Å². The van der Waals surface area contributed by atoms with E-state index in [0.717, 1.165) is 12.2 Å². The number of thioether (sulfide) groups is 1. The molecule has 1 rings (SSSR count). The number of rotatable bonds is 11. The Morgan fingerprint density at radius 3 is 2.30 bits per heavy atom. The number of ether oxygens (including phenoxy) is 1. The first-order chi connectivity index (χ1) is 12.7. The van der Waals surface area contributed by atoms with E-state index in [4.69, 9.17) is 27.9 Å². The number of hydrogen-bond donors (Lipinski definition) is 2. The first-order valence-corrected chi connectivity index (χ1v) is 10.8. The van der Waals surface area contributed by atoms with Gasteiger partial charge in [0.15, 0.2) is 6.61 Å². The van der Waals surface area contributed by atoms with Crippen LogP contribution in [0, 0.1) is 5.92 Å². The molecule has 0 aromatic heterocycles. The monoisotopic (exact) mass is 434 g/mol. The van der Waals surface area contributed by atoms with E-state index >= 15 is 0 Å². The summed E-state index contributed by atoms with van der Waals surface area (Å²) in [6.45, 7) is 7.86. The maximum Gasteiger partial charge on any atom is 0.258 e. The lowest BCUT2D eigenvalue weighted by atomic mass is 10.1. The molecule has 0 aliphatic heterocycles. The fourth-order valence-electron chi connectivity index (χ4n) is 2.06. The van der Waals surface area contributed by atoms with Crippen LogP contribution in [-0.4, -0.2) is 42.0 Å². The van der Waals surface area contributed by atoms with Crippen LogP contribution in [0.1, 0.15) is 34.1 Å². The van der Waals surface area contributed by atoms with Gasteiger partial charge in [-0.25, -0.2) is 0 Å². The minimum atomic E-state index is -0.291. The van der Waals surface area contributed by atoms with E-state index in [1.807, 2.05) is 13.8 Å². The van der Waals surface area contributed by atoms with Gasteiger partial charge in [0.05, 0.1) is 10.8 Å². The fraction of sp³-hybridized carbons (Fsp3) is 0.579. The second-order valence-electron chi connectivity index (χ2n) is 6.81. The molecule has 0 saturated carbocycles. The Morgan fingerprint density at radius 1 is 1.07 bits per heavy atom. The van der Waals surface area contributed by atoms with Gasteiger partial charge >= 0.3 is 0 Å². The van der Waals surface area contributed by atoms with Crippen molar-refractivity contribution in [3.63, 3.8) is 0 Å². The van der Waals surface area contributed by atoms with E-state index < -0.39 is 0 Å². The number of hydrogen-bond acceptors (Lipinski definition) is 4. The Kier molecular flexibility index (Phi) is 11.0. The Morgan fingerprint density at radius 2 is 1.70 bits per heavy atom. The molecule has 0 radical (unpaired) electrons. The zero-order valence-electron chi connectivity index (χ0n) is 16.2. The van der Waals surface area contributed by atoms with Crippen molar-refractivity contribution in [1.29, 1.82) is 0 Å². The molecule has 8 heteroatoms. The molecule has 1 aromatic rings. The highest BCUT2D eigenvalue weighted by atomic mass is 35.5. The predicted octanol–water partition coefficient (Wildman–Crippen LogP) is 4.16. The van der Waals surface area contributed by atoms with Crippen molar-refractivity contribution in [3.8, 4) is 5.75 Å². The van der Waals surface area contributed by atoms with Gasteiger partial charge in [-0.05, 0) is 50.1 Å². The van der Waals surface area contributed by atoms with Gasteiger partial charge in [0, 0.05) is 17.1 Å². The van der Waals surface area contributed by atoms with Crippen LogP contribution in [0.5, 0.6) is 5.75 Å². The zero-order chi connectivity index (χ0) is 20.4. The van der Waals surface area contributed by atoms with Crippen LogP contribution < -0.4 is 15.4 Å². The maximum absolute atomic E-state index is 12.0. The molecule has 27 heavy (non-hydrogen) atoms. The molecular formula is C19H28Cl2N2O3S. The van der Waals surface area contributed by atoms with Crippen LogP contribution in [0.4, 0.5) is 0 Å². The molecule has 5 nitrogen and oxygen atoms in total. The van der Waals surface area contributed by atoms with Gasteiger partial charge in [0.25, 0.3) is 5.91 Å². The maximum atomic E-state index is 12.0. The van der Waals surface area contributed by atoms with Crippen molar-refractivity contribution in [3.05, 3.63) is 28.2 Å². The zero-order valence-corrected chi connectivity index (χ0v) is 18.5. The summed E-state index contributed by atoms with van der Waals surface area (Å²) in [4.78, 5) is 24.0. The molecule has 0 saturated heterocycles. The molecule has 0 spiro atoms. The molecule has 2 amide bonds. The van der Waals surface area contributed by atoms with E-state index in [-0.39, 0.29) is 30.5 Å². The van der Waals surface area contributed by atoms with Gasteiger partial charge in [-0.15, -0.1) is 0 Å². The fourth-order valence-corrected chi connectivity index (χ4v) is 3.57. The third-order valence-corrected chi connectivity index (χ3v) is 5.37. The number of benzene rings is 1. The smallest absolute Gasteiger partial charge is 0.258 e. The van der Waals surface area contributed by atoms with Crippen molar-refractivity contribution >= 4 is 46.8 Å². The summed E-state index contributed by atoms with van der Waals surface area (Å²) in [6, 6.07) is 4.38. The molecule has 0 bridgehead atoms. The number of amides is 2. The summed E-state index contributed by atoms with van der Waals surface area (Å²) in [6.07, 6.45) is 1.09. The van der Waals surface area contributed by atoms with E-state index in [9.17, 15) is 9.59 Å². The lowest BCUT2D eigenvalue weighted by Crippen LogP contribution is -2.50. The van der Waals surface area contributed by atoms with Crippen molar-refractivity contribution in [2.24, 2.45) is 5.92 Å². The molecule has 2 atom stereocenters. The van der Waals surface area contributed by atoms with Gasteiger partial charge in [0.2, 0.25) is 5.91 Å². The molecule has 2 unspecified atom stereocenters. The van der Waals surface area contributed by atoms with Crippen LogP contribution in [0.15, 0.2) is 18.2 Å². The summed E-state index contributed by atoms with van der Waals surface area (Å²) in [5.74, 6) is 2.11. The number of halogens is 2. The first kappa shape index (κ1) is 23.9. The minimum Gasteiger partial charge on any atom is -0.482 e. The average Bonchev–Trinajstić information content (AvgIpc) is 2.57. The van der Waals surface area contributed by atoms with Crippen molar-refractivity contribution in [2.45, 2.75) is 46.2 Å². The van der Waals surface area contributed by atoms with E-state index in [0.29, 0.717) is 27.5 Å². The number of carbonyl (C=O) groups excluding carboxylic acids is 2.